The molecule has 32 heavy (non-hydrogen) atoms. The number of fused-ring (bicyclic) bond motifs is 1. The molecule has 6 nitrogen and oxygen atoms in total. The van der Waals surface area contributed by atoms with Crippen LogP contribution in [0.2, 0.25) is 0 Å². The zero-order valence-corrected chi connectivity index (χ0v) is 18.6. The largest absolute Gasteiger partial charge is 0.497 e. The lowest BCUT2D eigenvalue weighted by atomic mass is 9.95. The van der Waals surface area contributed by atoms with Crippen LogP contribution >= 0.6 is 11.3 Å². The van der Waals surface area contributed by atoms with Crippen LogP contribution in [-0.4, -0.2) is 26.0 Å². The summed E-state index contributed by atoms with van der Waals surface area (Å²) >= 11 is 1.42. The molecule has 0 unspecified atom stereocenters. The molecule has 2 N–H and O–H groups in total. The maximum absolute atomic E-state index is 13.4. The first-order chi connectivity index (χ1) is 15.5. The summed E-state index contributed by atoms with van der Waals surface area (Å²) in [5.74, 6) is -0.0548. The van der Waals surface area contributed by atoms with E-state index in [4.69, 9.17) is 9.47 Å². The van der Waals surface area contributed by atoms with Crippen LogP contribution in [0.5, 0.6) is 11.5 Å². The van der Waals surface area contributed by atoms with Gasteiger partial charge in [0, 0.05) is 16.5 Å². The minimum Gasteiger partial charge on any atom is -0.497 e. The molecule has 0 spiro atoms. The van der Waals surface area contributed by atoms with E-state index in [1.165, 1.54) is 42.7 Å². The van der Waals surface area contributed by atoms with Crippen molar-refractivity contribution in [3.8, 4) is 11.5 Å². The van der Waals surface area contributed by atoms with Crippen LogP contribution in [0, 0.1) is 5.82 Å². The summed E-state index contributed by atoms with van der Waals surface area (Å²) in [6.07, 6.45) is 3.67. The van der Waals surface area contributed by atoms with Crippen molar-refractivity contribution >= 4 is 33.8 Å². The molecule has 2 aromatic carbocycles. The SMILES string of the molecule is COc1ccc(OC)c(NC(=O)c2c(NC(=O)c3ccc(F)cc3)sc3c2CCCC3)c1. The predicted octanol–water partition coefficient (Wildman–Crippen LogP) is 5.29. The number of thiophene rings is 1. The Kier molecular flexibility index (Phi) is 6.41. The third-order valence-corrected chi connectivity index (χ3v) is 6.59. The van der Waals surface area contributed by atoms with Crippen LogP contribution in [0.1, 0.15) is 44.0 Å². The summed E-state index contributed by atoms with van der Waals surface area (Å²) in [5, 5.41) is 6.26. The van der Waals surface area contributed by atoms with Gasteiger partial charge in [0.15, 0.2) is 0 Å². The Morgan fingerprint density at radius 1 is 0.938 bits per heavy atom. The number of hydrogen-bond acceptors (Lipinski definition) is 5. The number of amides is 2. The van der Waals surface area contributed by atoms with Gasteiger partial charge in [0.05, 0.1) is 25.5 Å². The van der Waals surface area contributed by atoms with Gasteiger partial charge in [-0.3, -0.25) is 9.59 Å². The van der Waals surface area contributed by atoms with Crippen LogP contribution in [-0.2, 0) is 12.8 Å². The Balaban J connectivity index is 1.67. The number of methoxy groups -OCH3 is 2. The molecule has 0 saturated carbocycles. The molecule has 2 amide bonds. The average Bonchev–Trinajstić information content (AvgIpc) is 3.17. The minimum absolute atomic E-state index is 0.318. The predicted molar refractivity (Wildman–Crippen MR) is 123 cm³/mol. The molecule has 1 aliphatic rings. The van der Waals surface area contributed by atoms with Gasteiger partial charge in [-0.2, -0.15) is 0 Å². The zero-order valence-electron chi connectivity index (χ0n) is 17.8. The van der Waals surface area contributed by atoms with Gasteiger partial charge in [0.25, 0.3) is 11.8 Å². The molecular weight excluding hydrogens is 431 g/mol. The number of nitrogens with one attached hydrogen (secondary N) is 2. The molecule has 0 fully saturated rings. The molecule has 0 saturated heterocycles. The zero-order chi connectivity index (χ0) is 22.7. The fourth-order valence-electron chi connectivity index (χ4n) is 3.77. The number of carbonyl (C=O) groups is 2. The maximum Gasteiger partial charge on any atom is 0.259 e. The quantitative estimate of drug-likeness (QED) is 0.531. The first-order valence-electron chi connectivity index (χ1n) is 10.2. The number of ether oxygens (including phenoxy) is 2. The Hall–Kier alpha value is -3.39. The summed E-state index contributed by atoms with van der Waals surface area (Å²) in [7, 11) is 3.07. The molecular formula is C24H23FN2O4S. The summed E-state index contributed by atoms with van der Waals surface area (Å²) in [4.78, 5) is 27.3. The topological polar surface area (TPSA) is 76.7 Å². The van der Waals surface area contributed by atoms with Gasteiger partial charge in [0.1, 0.15) is 22.3 Å². The van der Waals surface area contributed by atoms with Gasteiger partial charge in [-0.15, -0.1) is 11.3 Å². The molecule has 1 aromatic heterocycles. The van der Waals surface area contributed by atoms with E-state index in [9.17, 15) is 14.0 Å². The summed E-state index contributed by atoms with van der Waals surface area (Å²) in [6.45, 7) is 0. The van der Waals surface area contributed by atoms with Crippen molar-refractivity contribution in [3.63, 3.8) is 0 Å². The van der Waals surface area contributed by atoms with E-state index in [1.54, 1.807) is 25.3 Å². The highest BCUT2D eigenvalue weighted by Gasteiger charge is 2.27. The highest BCUT2D eigenvalue weighted by atomic mass is 32.1. The monoisotopic (exact) mass is 454 g/mol. The van der Waals surface area contributed by atoms with E-state index in [0.29, 0.717) is 33.3 Å². The molecule has 0 atom stereocenters. The third kappa shape index (κ3) is 4.45. The van der Waals surface area contributed by atoms with E-state index >= 15 is 0 Å². The molecule has 8 heteroatoms. The minimum atomic E-state index is -0.416. The molecule has 1 aliphatic carbocycles. The van der Waals surface area contributed by atoms with Crippen molar-refractivity contribution in [2.24, 2.45) is 0 Å². The highest BCUT2D eigenvalue weighted by Crippen LogP contribution is 2.39. The van der Waals surface area contributed by atoms with E-state index < -0.39 is 11.7 Å². The molecule has 0 bridgehead atoms. The molecule has 3 aromatic rings. The molecule has 166 valence electrons. The maximum atomic E-state index is 13.4. The van der Waals surface area contributed by atoms with Crippen molar-refractivity contribution in [3.05, 3.63) is 69.8 Å². The number of anilines is 2. The Labute approximate surface area is 189 Å². The lowest BCUT2D eigenvalue weighted by molar-refractivity contribution is 0.102. The third-order valence-electron chi connectivity index (χ3n) is 5.39. The van der Waals surface area contributed by atoms with Gasteiger partial charge < -0.3 is 20.1 Å². The lowest BCUT2D eigenvalue weighted by Gasteiger charge is -2.15. The van der Waals surface area contributed by atoms with Crippen molar-refractivity contribution in [1.82, 2.24) is 0 Å². The number of benzene rings is 2. The Morgan fingerprint density at radius 2 is 1.69 bits per heavy atom. The van der Waals surface area contributed by atoms with Crippen molar-refractivity contribution in [2.75, 3.05) is 24.9 Å². The summed E-state index contributed by atoms with van der Waals surface area (Å²) in [6, 6.07) is 10.4. The molecule has 0 aliphatic heterocycles. The summed E-state index contributed by atoms with van der Waals surface area (Å²) < 4.78 is 23.9. The Bertz CT molecular complexity index is 1160. The van der Waals surface area contributed by atoms with Crippen LogP contribution in [0.25, 0.3) is 0 Å². The van der Waals surface area contributed by atoms with Gasteiger partial charge in [-0.25, -0.2) is 4.39 Å². The second-order valence-electron chi connectivity index (χ2n) is 7.40. The molecule has 1 heterocycles. The molecule has 0 radical (unpaired) electrons. The van der Waals surface area contributed by atoms with E-state index in [-0.39, 0.29) is 5.91 Å². The van der Waals surface area contributed by atoms with Crippen molar-refractivity contribution < 1.29 is 23.5 Å². The van der Waals surface area contributed by atoms with Crippen molar-refractivity contribution in [1.29, 1.82) is 0 Å². The summed E-state index contributed by atoms with van der Waals surface area (Å²) in [5.41, 5.74) is 2.22. The second kappa shape index (κ2) is 9.40. The molecule has 4 rings (SSSR count). The highest BCUT2D eigenvalue weighted by molar-refractivity contribution is 7.17. The number of aryl methyl sites for hydroxylation is 1. The van der Waals surface area contributed by atoms with Gasteiger partial charge in [-0.05, 0) is 67.6 Å². The fourth-order valence-corrected chi connectivity index (χ4v) is 5.05. The smallest absolute Gasteiger partial charge is 0.259 e. The lowest BCUT2D eigenvalue weighted by Crippen LogP contribution is -2.19. The normalized spacial score (nSPS) is 12.6. The van der Waals surface area contributed by atoms with Crippen molar-refractivity contribution in [2.45, 2.75) is 25.7 Å². The number of carbonyl (C=O) groups excluding carboxylic acids is 2. The van der Waals surface area contributed by atoms with E-state index in [0.717, 1.165) is 36.1 Å². The Morgan fingerprint density at radius 3 is 2.41 bits per heavy atom. The number of hydrogen-bond donors (Lipinski definition) is 2. The van der Waals surface area contributed by atoms with Crippen LogP contribution < -0.4 is 20.1 Å². The van der Waals surface area contributed by atoms with Gasteiger partial charge >= 0.3 is 0 Å². The average molecular weight is 455 g/mol. The fraction of sp³-hybridized carbons (Fsp3) is 0.250. The second-order valence-corrected chi connectivity index (χ2v) is 8.50. The number of rotatable bonds is 6. The van der Waals surface area contributed by atoms with Crippen LogP contribution in [0.4, 0.5) is 15.1 Å². The van der Waals surface area contributed by atoms with E-state index in [1.807, 2.05) is 0 Å². The van der Waals surface area contributed by atoms with Gasteiger partial charge in [0.2, 0.25) is 0 Å². The number of halogens is 1. The van der Waals surface area contributed by atoms with Crippen LogP contribution in [0.3, 0.4) is 0 Å². The first kappa shape index (κ1) is 21.8. The van der Waals surface area contributed by atoms with E-state index in [2.05, 4.69) is 10.6 Å². The first-order valence-corrected chi connectivity index (χ1v) is 11.1. The van der Waals surface area contributed by atoms with Crippen LogP contribution in [0.15, 0.2) is 42.5 Å². The standard InChI is InChI=1S/C24H23FN2O4S/c1-30-16-11-12-19(31-2)18(13-16)26-23(29)21-17-5-3-4-6-20(17)32-24(21)27-22(28)14-7-9-15(25)10-8-14/h7-13H,3-6H2,1-2H3,(H,26,29)(H,27,28). The van der Waals surface area contributed by atoms with Gasteiger partial charge in [-0.1, -0.05) is 0 Å².